The fourth-order valence-electron chi connectivity index (χ4n) is 1.55. The summed E-state index contributed by atoms with van der Waals surface area (Å²) in [5.74, 6) is 1.26. The lowest BCUT2D eigenvalue weighted by molar-refractivity contribution is -0.115. The number of furan rings is 1. The van der Waals surface area contributed by atoms with Crippen LogP contribution in [0.25, 0.3) is 0 Å². The highest BCUT2D eigenvalue weighted by atomic mass is 32.2. The van der Waals surface area contributed by atoms with Crippen molar-refractivity contribution in [2.24, 2.45) is 0 Å². The topological polar surface area (TPSA) is 59.2 Å². The summed E-state index contributed by atoms with van der Waals surface area (Å²) in [5.41, 5.74) is 1.62. The second-order valence-corrected chi connectivity index (χ2v) is 5.04. The Morgan fingerprint density at radius 1 is 1.56 bits per heavy atom. The molecule has 1 amide bonds. The second kappa shape index (κ2) is 3.91. The molecule has 0 radical (unpaired) electrons. The first-order valence-electron chi connectivity index (χ1n) is 4.59. The van der Waals surface area contributed by atoms with E-state index in [-0.39, 0.29) is 11.3 Å². The number of hydrogen-bond acceptors (Lipinski definition) is 6. The maximum Gasteiger partial charge on any atom is 0.240 e. The van der Waals surface area contributed by atoms with Gasteiger partial charge in [0, 0.05) is 0 Å². The van der Waals surface area contributed by atoms with Gasteiger partial charge < -0.3 is 4.42 Å². The summed E-state index contributed by atoms with van der Waals surface area (Å²) in [6.45, 7) is 0. The first kappa shape index (κ1) is 9.86. The first-order chi connectivity index (χ1) is 7.86. The molecule has 1 atom stereocenters. The third-order valence-electron chi connectivity index (χ3n) is 2.21. The molecule has 2 aromatic rings. The molecule has 7 heteroatoms. The van der Waals surface area contributed by atoms with Gasteiger partial charge in [0.1, 0.15) is 16.6 Å². The number of carbonyl (C=O) groups excluding carboxylic acids is 1. The van der Waals surface area contributed by atoms with Crippen LogP contribution in [-0.2, 0) is 4.79 Å². The monoisotopic (exact) mass is 253 g/mol. The molecule has 82 valence electrons. The van der Waals surface area contributed by atoms with E-state index in [4.69, 9.17) is 4.42 Å². The normalized spacial score (nSPS) is 20.6. The predicted octanol–water partition coefficient (Wildman–Crippen LogP) is 1.91. The van der Waals surface area contributed by atoms with Gasteiger partial charge in [0.2, 0.25) is 11.0 Å². The molecule has 3 rings (SSSR count). The van der Waals surface area contributed by atoms with E-state index < -0.39 is 0 Å². The number of thioether (sulfide) groups is 1. The summed E-state index contributed by atoms with van der Waals surface area (Å²) in [5, 5.41) is 8.19. The molecule has 16 heavy (non-hydrogen) atoms. The van der Waals surface area contributed by atoms with Crippen LogP contribution in [0.2, 0.25) is 0 Å². The lowest BCUT2D eigenvalue weighted by Gasteiger charge is -2.18. The van der Waals surface area contributed by atoms with Crippen molar-refractivity contribution in [2.45, 2.75) is 5.37 Å². The Labute approximate surface area is 99.5 Å². The minimum absolute atomic E-state index is 0.0446. The van der Waals surface area contributed by atoms with Crippen molar-refractivity contribution in [3.8, 4) is 0 Å². The van der Waals surface area contributed by atoms with Crippen LogP contribution < -0.4 is 4.90 Å². The van der Waals surface area contributed by atoms with Gasteiger partial charge in [-0.05, 0) is 12.1 Å². The molecular formula is C9H7N3O2S2. The van der Waals surface area contributed by atoms with Crippen molar-refractivity contribution in [3.63, 3.8) is 0 Å². The van der Waals surface area contributed by atoms with Crippen LogP contribution in [0, 0.1) is 0 Å². The van der Waals surface area contributed by atoms with Crippen molar-refractivity contribution in [3.05, 3.63) is 29.7 Å². The Hall–Kier alpha value is -1.34. The molecule has 1 unspecified atom stereocenters. The minimum atomic E-state index is -0.115. The highest BCUT2D eigenvalue weighted by Gasteiger charge is 2.37. The highest BCUT2D eigenvalue weighted by Crippen LogP contribution is 2.41. The highest BCUT2D eigenvalue weighted by molar-refractivity contribution is 8.00. The quantitative estimate of drug-likeness (QED) is 0.818. The van der Waals surface area contributed by atoms with Crippen LogP contribution in [0.5, 0.6) is 0 Å². The first-order valence-corrected chi connectivity index (χ1v) is 6.52. The maximum atomic E-state index is 11.8. The van der Waals surface area contributed by atoms with Gasteiger partial charge in [-0.3, -0.25) is 9.69 Å². The SMILES string of the molecule is O=C1CSC(c2ccco2)N1c1nncs1. The molecule has 0 bridgehead atoms. The molecule has 1 fully saturated rings. The van der Waals surface area contributed by atoms with Crippen LogP contribution in [0.1, 0.15) is 11.1 Å². The number of carbonyl (C=O) groups is 1. The molecule has 0 saturated carbocycles. The Bertz CT molecular complexity index is 483. The molecule has 1 aliphatic rings. The molecule has 0 spiro atoms. The van der Waals surface area contributed by atoms with E-state index in [9.17, 15) is 4.79 Å². The summed E-state index contributed by atoms with van der Waals surface area (Å²) >= 11 is 2.89. The van der Waals surface area contributed by atoms with E-state index in [1.54, 1.807) is 16.7 Å². The van der Waals surface area contributed by atoms with E-state index in [2.05, 4.69) is 10.2 Å². The third-order valence-corrected chi connectivity index (χ3v) is 4.07. The Morgan fingerprint density at radius 3 is 3.19 bits per heavy atom. The van der Waals surface area contributed by atoms with Crippen molar-refractivity contribution < 1.29 is 9.21 Å². The van der Waals surface area contributed by atoms with E-state index in [1.165, 1.54) is 23.1 Å². The van der Waals surface area contributed by atoms with Crippen LogP contribution in [0.15, 0.2) is 28.3 Å². The zero-order valence-electron chi connectivity index (χ0n) is 8.07. The van der Waals surface area contributed by atoms with Crippen LogP contribution in [-0.4, -0.2) is 21.9 Å². The minimum Gasteiger partial charge on any atom is -0.466 e. The standard InChI is InChI=1S/C9H7N3O2S2/c13-7-4-15-8(6-2-1-3-14-6)12(7)9-11-10-5-16-9/h1-3,5,8H,4H2. The Kier molecular flexibility index (Phi) is 2.41. The van der Waals surface area contributed by atoms with Gasteiger partial charge in [-0.15, -0.1) is 22.0 Å². The van der Waals surface area contributed by atoms with Crippen molar-refractivity contribution in [1.82, 2.24) is 10.2 Å². The van der Waals surface area contributed by atoms with Gasteiger partial charge in [-0.1, -0.05) is 11.3 Å². The fourth-order valence-corrected chi connectivity index (χ4v) is 3.32. The van der Waals surface area contributed by atoms with Crippen molar-refractivity contribution >= 4 is 34.1 Å². The smallest absolute Gasteiger partial charge is 0.240 e. The molecule has 0 N–H and O–H groups in total. The molecule has 2 aromatic heterocycles. The third kappa shape index (κ3) is 1.52. The van der Waals surface area contributed by atoms with Gasteiger partial charge in [0.05, 0.1) is 12.0 Å². The van der Waals surface area contributed by atoms with Crippen LogP contribution in [0.4, 0.5) is 5.13 Å². The summed E-state index contributed by atoms with van der Waals surface area (Å²) in [4.78, 5) is 13.4. The summed E-state index contributed by atoms with van der Waals surface area (Å²) in [6.07, 6.45) is 1.61. The predicted molar refractivity (Wildman–Crippen MR) is 61.3 cm³/mol. The van der Waals surface area contributed by atoms with E-state index in [0.717, 1.165) is 5.76 Å². The van der Waals surface area contributed by atoms with Crippen LogP contribution in [0.3, 0.4) is 0 Å². The van der Waals surface area contributed by atoms with Gasteiger partial charge in [-0.25, -0.2) is 0 Å². The van der Waals surface area contributed by atoms with E-state index in [1.807, 2.05) is 12.1 Å². The molecule has 0 aliphatic carbocycles. The van der Waals surface area contributed by atoms with Gasteiger partial charge in [0.15, 0.2) is 0 Å². The zero-order chi connectivity index (χ0) is 11.0. The van der Waals surface area contributed by atoms with E-state index >= 15 is 0 Å². The number of hydrogen-bond donors (Lipinski definition) is 0. The average molecular weight is 253 g/mol. The number of amides is 1. The largest absolute Gasteiger partial charge is 0.466 e. The number of anilines is 1. The molecule has 0 aromatic carbocycles. The maximum absolute atomic E-state index is 11.8. The summed E-state index contributed by atoms with van der Waals surface area (Å²) < 4.78 is 5.34. The second-order valence-electron chi connectivity index (χ2n) is 3.16. The van der Waals surface area contributed by atoms with Gasteiger partial charge >= 0.3 is 0 Å². The van der Waals surface area contributed by atoms with Crippen molar-refractivity contribution in [2.75, 3.05) is 10.7 Å². The number of nitrogens with zero attached hydrogens (tertiary/aromatic N) is 3. The average Bonchev–Trinajstić information content (AvgIpc) is 2.96. The molecule has 1 aliphatic heterocycles. The molecule has 1 saturated heterocycles. The molecule has 3 heterocycles. The van der Waals surface area contributed by atoms with Gasteiger partial charge in [-0.2, -0.15) is 0 Å². The van der Waals surface area contributed by atoms with Crippen molar-refractivity contribution in [1.29, 1.82) is 0 Å². The lowest BCUT2D eigenvalue weighted by atomic mass is 10.4. The fraction of sp³-hybridized carbons (Fsp3) is 0.222. The Morgan fingerprint density at radius 2 is 2.50 bits per heavy atom. The summed E-state index contributed by atoms with van der Waals surface area (Å²) in [7, 11) is 0. The lowest BCUT2D eigenvalue weighted by Crippen LogP contribution is -2.27. The molecular weight excluding hydrogens is 246 g/mol. The van der Waals surface area contributed by atoms with E-state index in [0.29, 0.717) is 10.9 Å². The molecule has 5 nitrogen and oxygen atoms in total. The summed E-state index contributed by atoms with van der Waals surface area (Å²) in [6, 6.07) is 3.68. The van der Waals surface area contributed by atoms with Crippen LogP contribution >= 0.6 is 23.1 Å². The Balaban J connectivity index is 1.97. The van der Waals surface area contributed by atoms with Gasteiger partial charge in [0.25, 0.3) is 0 Å². The number of rotatable bonds is 2. The zero-order valence-corrected chi connectivity index (χ0v) is 9.70. The number of aromatic nitrogens is 2.